The van der Waals surface area contributed by atoms with E-state index in [0.29, 0.717) is 5.56 Å². The van der Waals surface area contributed by atoms with Crippen LogP contribution in [0.3, 0.4) is 0 Å². The summed E-state index contributed by atoms with van der Waals surface area (Å²) in [4.78, 5) is 22.6. The first-order chi connectivity index (χ1) is 10.1. The van der Waals surface area contributed by atoms with E-state index in [4.69, 9.17) is 0 Å². The molecule has 2 amide bonds. The molecule has 0 aromatic heterocycles. The van der Waals surface area contributed by atoms with Crippen molar-refractivity contribution in [1.29, 1.82) is 0 Å². The highest BCUT2D eigenvalue weighted by molar-refractivity contribution is 7.89. The van der Waals surface area contributed by atoms with Gasteiger partial charge in [-0.05, 0) is 13.0 Å². The Balaban J connectivity index is 2.73. The third-order valence-corrected chi connectivity index (χ3v) is 4.25. The molecule has 0 spiro atoms. The predicted molar refractivity (Wildman–Crippen MR) is 80.1 cm³/mol. The Morgan fingerprint density at radius 2 is 1.95 bits per heavy atom. The van der Waals surface area contributed by atoms with Crippen LogP contribution >= 0.6 is 0 Å². The highest BCUT2D eigenvalue weighted by atomic mass is 32.2. The van der Waals surface area contributed by atoms with E-state index in [2.05, 4.69) is 10.0 Å². The van der Waals surface area contributed by atoms with E-state index in [1.54, 1.807) is 14.1 Å². The molecule has 0 bridgehead atoms. The lowest BCUT2D eigenvalue weighted by Gasteiger charge is -2.12. The van der Waals surface area contributed by atoms with Gasteiger partial charge in [0.25, 0.3) is 5.69 Å². The lowest BCUT2D eigenvalue weighted by Crippen LogP contribution is -2.39. The van der Waals surface area contributed by atoms with Gasteiger partial charge in [-0.25, -0.2) is 17.9 Å². The molecule has 0 aliphatic carbocycles. The second-order valence-corrected chi connectivity index (χ2v) is 6.50. The Bertz CT molecular complexity index is 672. The van der Waals surface area contributed by atoms with Crippen molar-refractivity contribution in [3.63, 3.8) is 0 Å². The van der Waals surface area contributed by atoms with Gasteiger partial charge < -0.3 is 10.2 Å². The monoisotopic (exact) mass is 330 g/mol. The Kier molecular flexibility index (Phi) is 5.83. The molecule has 1 aromatic rings. The van der Waals surface area contributed by atoms with E-state index in [0.717, 1.165) is 6.07 Å². The highest BCUT2D eigenvalue weighted by Gasteiger charge is 2.19. The molecule has 0 aliphatic heterocycles. The molecular formula is C12H18N4O5S. The Labute approximate surface area is 128 Å². The van der Waals surface area contributed by atoms with Gasteiger partial charge in [0.1, 0.15) is 0 Å². The minimum absolute atomic E-state index is 0.0242. The SMILES string of the molecule is Cc1ccc(S(=O)(=O)NCCNC(=O)N(C)C)cc1[N+](=O)[O-]. The topological polar surface area (TPSA) is 122 Å². The van der Waals surface area contributed by atoms with Crippen molar-refractivity contribution in [2.24, 2.45) is 0 Å². The van der Waals surface area contributed by atoms with Crippen LogP contribution in [0.1, 0.15) is 5.56 Å². The maximum absolute atomic E-state index is 12.0. The van der Waals surface area contributed by atoms with Gasteiger partial charge >= 0.3 is 6.03 Å². The summed E-state index contributed by atoms with van der Waals surface area (Å²) in [5.74, 6) is 0. The molecule has 22 heavy (non-hydrogen) atoms. The molecule has 122 valence electrons. The van der Waals surface area contributed by atoms with Crippen LogP contribution in [0.15, 0.2) is 23.1 Å². The maximum atomic E-state index is 12.0. The average molecular weight is 330 g/mol. The molecule has 0 heterocycles. The van der Waals surface area contributed by atoms with Crippen molar-refractivity contribution in [1.82, 2.24) is 14.9 Å². The smallest absolute Gasteiger partial charge is 0.316 e. The number of carbonyl (C=O) groups is 1. The normalized spacial score (nSPS) is 11.0. The summed E-state index contributed by atoms with van der Waals surface area (Å²) in [6.45, 7) is 1.60. The molecule has 9 nitrogen and oxygen atoms in total. The minimum Gasteiger partial charge on any atom is -0.337 e. The summed E-state index contributed by atoms with van der Waals surface area (Å²) < 4.78 is 26.4. The first kappa shape index (κ1) is 17.9. The van der Waals surface area contributed by atoms with Crippen molar-refractivity contribution in [2.45, 2.75) is 11.8 Å². The van der Waals surface area contributed by atoms with Crippen LogP contribution in [-0.4, -0.2) is 51.5 Å². The molecule has 0 saturated heterocycles. The van der Waals surface area contributed by atoms with Gasteiger partial charge in [0.2, 0.25) is 10.0 Å². The largest absolute Gasteiger partial charge is 0.337 e. The zero-order valence-corrected chi connectivity index (χ0v) is 13.3. The molecule has 0 saturated carbocycles. The number of aryl methyl sites for hydroxylation is 1. The second kappa shape index (κ2) is 7.18. The molecule has 2 N–H and O–H groups in total. The van der Waals surface area contributed by atoms with Crippen LogP contribution in [-0.2, 0) is 10.0 Å². The minimum atomic E-state index is -3.87. The quantitative estimate of drug-likeness (QED) is 0.445. The number of nitrogens with one attached hydrogen (secondary N) is 2. The highest BCUT2D eigenvalue weighted by Crippen LogP contribution is 2.21. The van der Waals surface area contributed by atoms with Crippen LogP contribution in [0, 0.1) is 17.0 Å². The average Bonchev–Trinajstić information content (AvgIpc) is 2.43. The van der Waals surface area contributed by atoms with Crippen molar-refractivity contribution >= 4 is 21.7 Å². The van der Waals surface area contributed by atoms with Gasteiger partial charge in [0, 0.05) is 38.8 Å². The number of nitrogens with zero attached hydrogens (tertiary/aromatic N) is 2. The number of carbonyl (C=O) groups excluding carboxylic acids is 1. The van der Waals surface area contributed by atoms with Gasteiger partial charge in [-0.3, -0.25) is 10.1 Å². The van der Waals surface area contributed by atoms with Gasteiger partial charge in [-0.2, -0.15) is 0 Å². The third kappa shape index (κ3) is 4.67. The lowest BCUT2D eigenvalue weighted by atomic mass is 10.2. The van der Waals surface area contributed by atoms with E-state index >= 15 is 0 Å². The summed E-state index contributed by atoms with van der Waals surface area (Å²) in [6.07, 6.45) is 0. The Hall–Kier alpha value is -2.20. The maximum Gasteiger partial charge on any atom is 0.316 e. The summed E-state index contributed by atoms with van der Waals surface area (Å²) in [6, 6.07) is 3.34. The zero-order valence-electron chi connectivity index (χ0n) is 12.5. The summed E-state index contributed by atoms with van der Waals surface area (Å²) >= 11 is 0. The van der Waals surface area contributed by atoms with Crippen molar-refractivity contribution < 1.29 is 18.1 Å². The van der Waals surface area contributed by atoms with E-state index in [-0.39, 0.29) is 29.7 Å². The van der Waals surface area contributed by atoms with Crippen LogP contribution in [0.25, 0.3) is 0 Å². The predicted octanol–water partition coefficient (Wildman–Crippen LogP) is 0.453. The Morgan fingerprint density at radius 3 is 2.50 bits per heavy atom. The number of amides is 2. The number of nitro groups is 1. The number of hydrogen-bond acceptors (Lipinski definition) is 5. The van der Waals surface area contributed by atoms with Crippen molar-refractivity contribution in [3.8, 4) is 0 Å². The fourth-order valence-corrected chi connectivity index (χ4v) is 2.60. The van der Waals surface area contributed by atoms with Crippen LogP contribution in [0.4, 0.5) is 10.5 Å². The van der Waals surface area contributed by atoms with Crippen molar-refractivity contribution in [2.75, 3.05) is 27.2 Å². The van der Waals surface area contributed by atoms with Crippen LogP contribution < -0.4 is 10.0 Å². The molecule has 10 heteroatoms. The van der Waals surface area contributed by atoms with Crippen LogP contribution in [0.2, 0.25) is 0 Å². The number of benzene rings is 1. The number of nitro benzene ring substituents is 1. The first-order valence-corrected chi connectivity index (χ1v) is 7.83. The summed E-state index contributed by atoms with van der Waals surface area (Å²) in [5, 5.41) is 13.3. The molecule has 1 aromatic carbocycles. The number of sulfonamides is 1. The van der Waals surface area contributed by atoms with Gasteiger partial charge in [-0.1, -0.05) is 6.07 Å². The third-order valence-electron chi connectivity index (χ3n) is 2.79. The molecule has 0 unspecified atom stereocenters. The molecule has 0 aliphatic rings. The number of rotatable bonds is 6. The van der Waals surface area contributed by atoms with E-state index < -0.39 is 14.9 Å². The summed E-state index contributed by atoms with van der Waals surface area (Å²) in [7, 11) is -0.750. The van der Waals surface area contributed by atoms with E-state index in [1.165, 1.54) is 24.0 Å². The number of urea groups is 1. The fraction of sp³-hybridized carbons (Fsp3) is 0.417. The second-order valence-electron chi connectivity index (χ2n) is 4.73. The van der Waals surface area contributed by atoms with Gasteiger partial charge in [0.15, 0.2) is 0 Å². The Morgan fingerprint density at radius 1 is 1.32 bits per heavy atom. The van der Waals surface area contributed by atoms with Crippen LogP contribution in [0.5, 0.6) is 0 Å². The van der Waals surface area contributed by atoms with Gasteiger partial charge in [-0.15, -0.1) is 0 Å². The summed E-state index contributed by atoms with van der Waals surface area (Å²) in [5.41, 5.74) is 0.117. The van der Waals surface area contributed by atoms with Gasteiger partial charge in [0.05, 0.1) is 9.82 Å². The molecule has 0 atom stereocenters. The zero-order chi connectivity index (χ0) is 16.9. The standard InChI is InChI=1S/C12H18N4O5S/c1-9-4-5-10(8-11(9)16(18)19)22(20,21)14-7-6-13-12(17)15(2)3/h4-5,8,14H,6-7H2,1-3H3,(H,13,17). The lowest BCUT2D eigenvalue weighted by molar-refractivity contribution is -0.385. The molecular weight excluding hydrogens is 312 g/mol. The fourth-order valence-electron chi connectivity index (χ4n) is 1.55. The molecule has 0 fully saturated rings. The van der Waals surface area contributed by atoms with E-state index in [1.807, 2.05) is 0 Å². The number of hydrogen-bond donors (Lipinski definition) is 2. The first-order valence-electron chi connectivity index (χ1n) is 6.35. The van der Waals surface area contributed by atoms with Crippen molar-refractivity contribution in [3.05, 3.63) is 33.9 Å². The molecule has 1 rings (SSSR count). The van der Waals surface area contributed by atoms with E-state index in [9.17, 15) is 23.3 Å². The molecule has 0 radical (unpaired) electrons.